The second kappa shape index (κ2) is 19.1. The van der Waals surface area contributed by atoms with Crippen molar-refractivity contribution >= 4 is 62.5 Å². The summed E-state index contributed by atoms with van der Waals surface area (Å²) in [7, 11) is -2.45. The van der Waals surface area contributed by atoms with Gasteiger partial charge < -0.3 is 28.6 Å². The van der Waals surface area contributed by atoms with E-state index in [2.05, 4.69) is 150 Å². The van der Waals surface area contributed by atoms with Crippen LogP contribution >= 0.6 is 0 Å². The van der Waals surface area contributed by atoms with Crippen LogP contribution in [0.2, 0.25) is 51.4 Å². The van der Waals surface area contributed by atoms with Gasteiger partial charge in [0, 0.05) is 52.9 Å². The molecule has 2 aliphatic heterocycles. The molecule has 0 spiro atoms. The molecule has 5 aromatic heterocycles. The molecule has 65 heavy (non-hydrogen) atoms. The topological polar surface area (TPSA) is 108 Å². The summed E-state index contributed by atoms with van der Waals surface area (Å²) >= 11 is 0. The van der Waals surface area contributed by atoms with Crippen molar-refractivity contribution in [2.45, 2.75) is 78.7 Å². The molecule has 10 nitrogen and oxygen atoms in total. The van der Waals surface area contributed by atoms with Crippen LogP contribution in [0.5, 0.6) is 0 Å². The fraction of sp³-hybridized carbons (Fsp3) is 0.269. The molecule has 2 aromatic carbocycles. The predicted octanol–water partition coefficient (Wildman–Crippen LogP) is 12.2. The maximum atomic E-state index is 6.14. The van der Waals surface area contributed by atoms with Crippen molar-refractivity contribution in [3.63, 3.8) is 0 Å². The van der Waals surface area contributed by atoms with Crippen molar-refractivity contribution in [1.82, 2.24) is 39.0 Å². The number of hydrogen-bond acceptors (Lipinski definition) is 6. The summed E-state index contributed by atoms with van der Waals surface area (Å²) in [5.41, 5.74) is 15.7. The molecule has 0 aliphatic carbocycles. The standard InChI is InChI=1S/C52H56N8O2Si2.Zn/c1-35-9-13-37(14-10-35)49-39-17-21-43(55-39)51(47-29-59(31-53-47)33-61-25-27-63(3,4)5)45-23-19-41(57-45)50(38-15-11-36(2)12-16-38)42-20-24-46(58-42)52(44-22-18-40(49)56-44)48-30-60(32-54-48)34-62-26-28-64(6,7)8;/h9-24,29-32H,25-28,33-34H2,1-8H3;/q-2;+2. The monoisotopic (exact) mass is 944 g/mol. The van der Waals surface area contributed by atoms with Crippen LogP contribution in [0.3, 0.4) is 0 Å². The van der Waals surface area contributed by atoms with E-state index >= 15 is 0 Å². The third-order valence-electron chi connectivity index (χ3n) is 11.5. The zero-order chi connectivity index (χ0) is 44.6. The minimum atomic E-state index is -1.23. The van der Waals surface area contributed by atoms with E-state index in [4.69, 9.17) is 39.4 Å². The van der Waals surface area contributed by atoms with Gasteiger partial charge in [-0.05, 0) is 72.5 Å². The van der Waals surface area contributed by atoms with Gasteiger partial charge in [0.2, 0.25) is 0 Å². The van der Waals surface area contributed by atoms with E-state index in [-0.39, 0.29) is 19.5 Å². The van der Waals surface area contributed by atoms with Crippen LogP contribution < -0.4 is 9.97 Å². The summed E-state index contributed by atoms with van der Waals surface area (Å²) < 4.78 is 16.3. The van der Waals surface area contributed by atoms with Gasteiger partial charge in [0.15, 0.2) is 0 Å². The normalized spacial score (nSPS) is 12.6. The molecule has 7 aromatic rings. The van der Waals surface area contributed by atoms with E-state index in [1.165, 1.54) is 11.1 Å². The van der Waals surface area contributed by atoms with E-state index in [9.17, 15) is 0 Å². The van der Waals surface area contributed by atoms with Crippen LogP contribution in [0.25, 0.3) is 91.1 Å². The first-order chi connectivity index (χ1) is 30.7. The number of imidazole rings is 2. The molecular formula is C52H56N8O2Si2Zn. The molecule has 0 unspecified atom stereocenters. The quantitative estimate of drug-likeness (QED) is 0.0783. The van der Waals surface area contributed by atoms with E-state index in [0.29, 0.717) is 13.5 Å². The van der Waals surface area contributed by atoms with Crippen LogP contribution in [0.15, 0.2) is 97.8 Å². The Kier molecular flexibility index (Phi) is 13.5. The molecule has 7 heterocycles. The second-order valence-electron chi connectivity index (χ2n) is 19.3. The molecule has 0 fully saturated rings. The van der Waals surface area contributed by atoms with E-state index in [0.717, 1.165) is 115 Å². The third kappa shape index (κ3) is 10.6. The van der Waals surface area contributed by atoms with Crippen molar-refractivity contribution < 1.29 is 29.0 Å². The Labute approximate surface area is 396 Å². The van der Waals surface area contributed by atoms with Gasteiger partial charge in [-0.3, -0.25) is 0 Å². The molecular weight excluding hydrogens is 890 g/mol. The van der Waals surface area contributed by atoms with Gasteiger partial charge >= 0.3 is 19.5 Å². The Morgan fingerprint density at radius 2 is 0.815 bits per heavy atom. The number of rotatable bonds is 14. The SMILES string of the molecule is Cc1ccc(-c2c3nc(c(-c4cn(COCC[Si](C)(C)C)cn4)c4ccc([n-]4)c(-c4ccc(C)cc4)c4nc(c(-c5cn(COCC[Si](C)(C)C)cn5)c5ccc2[n-]5)C=C4)C=C3)cc1.[Zn+2]. The van der Waals surface area contributed by atoms with Crippen LogP contribution in [-0.4, -0.2) is 58.4 Å². The predicted molar refractivity (Wildman–Crippen MR) is 268 cm³/mol. The Bertz CT molecular complexity index is 2850. The molecule has 2 aliphatic rings. The molecule has 0 saturated carbocycles. The first-order valence-electron chi connectivity index (χ1n) is 22.1. The smallest absolute Gasteiger partial charge is 0.657 e. The van der Waals surface area contributed by atoms with Crippen molar-refractivity contribution in [2.75, 3.05) is 13.2 Å². The largest absolute Gasteiger partial charge is 2.00 e. The number of aromatic nitrogens is 8. The third-order valence-corrected chi connectivity index (χ3v) is 15.0. The van der Waals surface area contributed by atoms with Gasteiger partial charge in [-0.15, -0.1) is 22.1 Å². The molecule has 13 heteroatoms. The van der Waals surface area contributed by atoms with Gasteiger partial charge in [0.05, 0.1) is 46.8 Å². The summed E-state index contributed by atoms with van der Waals surface area (Å²) in [4.78, 5) is 31.5. The Morgan fingerprint density at radius 1 is 0.477 bits per heavy atom. The molecule has 0 amide bonds. The molecule has 9 rings (SSSR count). The Morgan fingerprint density at radius 3 is 1.17 bits per heavy atom. The molecule has 0 saturated heterocycles. The first-order valence-corrected chi connectivity index (χ1v) is 29.6. The van der Waals surface area contributed by atoms with Crippen LogP contribution in [0, 0.1) is 13.8 Å². The van der Waals surface area contributed by atoms with E-state index in [1.54, 1.807) is 0 Å². The number of benzene rings is 2. The van der Waals surface area contributed by atoms with Crippen molar-refractivity contribution in [3.05, 3.63) is 132 Å². The summed E-state index contributed by atoms with van der Waals surface area (Å²) in [5, 5.41) is 0. The fourth-order valence-corrected chi connectivity index (χ4v) is 9.37. The van der Waals surface area contributed by atoms with Crippen LogP contribution in [0.4, 0.5) is 0 Å². The Balaban J connectivity index is 0.00000576. The van der Waals surface area contributed by atoms with Crippen molar-refractivity contribution in [2.24, 2.45) is 0 Å². The van der Waals surface area contributed by atoms with Gasteiger partial charge in [0.25, 0.3) is 0 Å². The zero-order valence-electron chi connectivity index (χ0n) is 38.9. The van der Waals surface area contributed by atoms with Crippen LogP contribution in [-0.2, 0) is 42.4 Å². The number of hydrogen-bond donors (Lipinski definition) is 0. The molecule has 0 N–H and O–H groups in total. The number of aryl methyl sites for hydroxylation is 2. The zero-order valence-corrected chi connectivity index (χ0v) is 43.9. The number of ether oxygens (including phenoxy) is 2. The van der Waals surface area contributed by atoms with E-state index in [1.807, 2.05) is 34.2 Å². The fourth-order valence-electron chi connectivity index (χ4n) is 7.86. The minimum Gasteiger partial charge on any atom is -0.657 e. The van der Waals surface area contributed by atoms with Crippen molar-refractivity contribution in [3.8, 4) is 44.8 Å². The van der Waals surface area contributed by atoms with Gasteiger partial charge in [0.1, 0.15) is 13.5 Å². The van der Waals surface area contributed by atoms with Gasteiger partial charge in [-0.2, -0.15) is 0 Å². The second-order valence-corrected chi connectivity index (χ2v) is 30.6. The Hall–Kier alpha value is -5.56. The molecule has 326 valence electrons. The average Bonchev–Trinajstić information content (AvgIpc) is 4.11. The maximum Gasteiger partial charge on any atom is 2.00 e. The molecule has 8 bridgehead atoms. The van der Waals surface area contributed by atoms with Gasteiger partial charge in [-0.25, -0.2) is 19.9 Å². The van der Waals surface area contributed by atoms with Gasteiger partial charge in [-0.1, -0.05) is 123 Å². The summed E-state index contributed by atoms with van der Waals surface area (Å²) in [6, 6.07) is 27.6. The van der Waals surface area contributed by atoms with Crippen molar-refractivity contribution in [1.29, 1.82) is 0 Å². The molecule has 0 atom stereocenters. The first kappa shape index (κ1) is 46.0. The number of nitrogens with zero attached hydrogens (tertiary/aromatic N) is 8. The van der Waals surface area contributed by atoms with Crippen LogP contribution in [0.1, 0.15) is 33.9 Å². The summed E-state index contributed by atoms with van der Waals surface area (Å²) in [6.07, 6.45) is 16.1. The van der Waals surface area contributed by atoms with E-state index < -0.39 is 16.1 Å². The summed E-state index contributed by atoms with van der Waals surface area (Å²) in [6.45, 7) is 20.7. The maximum absolute atomic E-state index is 6.14. The number of fused-ring (bicyclic) bond motifs is 8. The molecule has 0 radical (unpaired) electrons. The minimum absolute atomic E-state index is 0. The average molecular weight is 947 g/mol. The summed E-state index contributed by atoms with van der Waals surface area (Å²) in [5.74, 6) is 0.